The Hall–Kier alpha value is -2.09. The number of carbonyl (C=O) groups is 1. The van der Waals surface area contributed by atoms with Crippen LogP contribution in [-0.4, -0.2) is 6.29 Å². The number of hydrogen-bond donors (Lipinski definition) is 0. The molecule has 0 amide bonds. The van der Waals surface area contributed by atoms with Crippen molar-refractivity contribution in [2.24, 2.45) is 0 Å². The minimum atomic E-state index is 0.0980. The smallest absolute Gasteiger partial charge is 0.150 e. The molecule has 19 heavy (non-hydrogen) atoms. The average molecular weight is 254 g/mol. The molecule has 0 heterocycles. The molecule has 0 N–H and O–H groups in total. The van der Waals surface area contributed by atoms with Crippen LogP contribution in [0.4, 0.5) is 0 Å². The molecule has 2 aromatic rings. The maximum Gasteiger partial charge on any atom is 0.150 e. The molecule has 2 heteroatoms. The maximum absolute atomic E-state index is 10.6. The third-order valence-corrected chi connectivity index (χ3v) is 2.95. The predicted molar refractivity (Wildman–Crippen MR) is 77.0 cm³/mol. The van der Waals surface area contributed by atoms with E-state index >= 15 is 0 Å². The van der Waals surface area contributed by atoms with Crippen LogP contribution in [0.5, 0.6) is 11.5 Å². The highest BCUT2D eigenvalue weighted by atomic mass is 16.5. The van der Waals surface area contributed by atoms with Gasteiger partial charge in [-0.3, -0.25) is 4.79 Å². The topological polar surface area (TPSA) is 26.3 Å². The highest BCUT2D eigenvalue weighted by Crippen LogP contribution is 2.28. The first-order valence-electron chi connectivity index (χ1n) is 6.33. The fraction of sp³-hybridized carbons (Fsp3) is 0.235. The van der Waals surface area contributed by atoms with Crippen LogP contribution >= 0.6 is 0 Å². The number of carbonyl (C=O) groups excluding carboxylic acids is 1. The molecule has 2 rings (SSSR count). The molecule has 0 aromatic heterocycles. The summed E-state index contributed by atoms with van der Waals surface area (Å²) in [5.41, 5.74) is 1.98. The van der Waals surface area contributed by atoms with Crippen LogP contribution < -0.4 is 4.74 Å². The molecule has 2 aromatic carbocycles. The number of aldehydes is 1. The van der Waals surface area contributed by atoms with E-state index in [-0.39, 0.29) is 5.41 Å². The van der Waals surface area contributed by atoms with Gasteiger partial charge in [0.2, 0.25) is 0 Å². The molecule has 98 valence electrons. The van der Waals surface area contributed by atoms with Crippen molar-refractivity contribution in [2.75, 3.05) is 0 Å². The predicted octanol–water partition coefficient (Wildman–Crippen LogP) is 4.59. The molecule has 0 aliphatic carbocycles. The van der Waals surface area contributed by atoms with Gasteiger partial charge in [-0.1, -0.05) is 32.9 Å². The summed E-state index contributed by atoms with van der Waals surface area (Å²) in [5, 5.41) is 0. The van der Waals surface area contributed by atoms with Gasteiger partial charge in [-0.15, -0.1) is 0 Å². The minimum absolute atomic E-state index is 0.0980. The Morgan fingerprint density at radius 1 is 0.947 bits per heavy atom. The van der Waals surface area contributed by atoms with E-state index in [1.165, 1.54) is 5.56 Å². The lowest BCUT2D eigenvalue weighted by molar-refractivity contribution is 0.112. The molecule has 0 spiro atoms. The van der Waals surface area contributed by atoms with Gasteiger partial charge in [0.1, 0.15) is 17.8 Å². The van der Waals surface area contributed by atoms with Gasteiger partial charge >= 0.3 is 0 Å². The second-order valence-corrected chi connectivity index (χ2v) is 5.57. The first-order valence-corrected chi connectivity index (χ1v) is 6.33. The molecular weight excluding hydrogens is 236 g/mol. The summed E-state index contributed by atoms with van der Waals surface area (Å²) in [6.45, 7) is 6.51. The SMILES string of the molecule is CC(C)(C)c1cccc(Oc2ccc(C=O)cc2)c1. The van der Waals surface area contributed by atoms with E-state index in [1.54, 1.807) is 24.3 Å². The number of benzene rings is 2. The van der Waals surface area contributed by atoms with E-state index in [2.05, 4.69) is 26.8 Å². The highest BCUT2D eigenvalue weighted by molar-refractivity contribution is 5.74. The first-order chi connectivity index (χ1) is 8.99. The van der Waals surface area contributed by atoms with Crippen LogP contribution in [0.2, 0.25) is 0 Å². The fourth-order valence-corrected chi connectivity index (χ4v) is 1.78. The lowest BCUT2D eigenvalue weighted by Crippen LogP contribution is -2.10. The van der Waals surface area contributed by atoms with E-state index < -0.39 is 0 Å². The van der Waals surface area contributed by atoms with Gasteiger partial charge in [-0.25, -0.2) is 0 Å². The minimum Gasteiger partial charge on any atom is -0.457 e. The fourth-order valence-electron chi connectivity index (χ4n) is 1.78. The van der Waals surface area contributed by atoms with Gasteiger partial charge in [-0.2, -0.15) is 0 Å². The Labute approximate surface area is 114 Å². The zero-order valence-electron chi connectivity index (χ0n) is 11.5. The van der Waals surface area contributed by atoms with Crippen molar-refractivity contribution in [1.29, 1.82) is 0 Å². The third-order valence-electron chi connectivity index (χ3n) is 2.95. The molecule has 0 bridgehead atoms. The molecular formula is C17H18O2. The average Bonchev–Trinajstić information content (AvgIpc) is 2.39. The summed E-state index contributed by atoms with van der Waals surface area (Å²) in [6, 6.07) is 15.2. The lowest BCUT2D eigenvalue weighted by atomic mass is 9.87. The van der Waals surface area contributed by atoms with E-state index in [0.29, 0.717) is 5.56 Å². The van der Waals surface area contributed by atoms with Crippen LogP contribution in [0.1, 0.15) is 36.7 Å². The van der Waals surface area contributed by atoms with Crippen molar-refractivity contribution in [3.8, 4) is 11.5 Å². The van der Waals surface area contributed by atoms with Crippen LogP contribution in [0.15, 0.2) is 48.5 Å². The Balaban J connectivity index is 2.20. The summed E-state index contributed by atoms with van der Waals surface area (Å²) in [6.07, 6.45) is 0.823. The van der Waals surface area contributed by atoms with E-state index in [9.17, 15) is 4.79 Å². The molecule has 0 atom stereocenters. The van der Waals surface area contributed by atoms with Gasteiger partial charge < -0.3 is 4.74 Å². The van der Waals surface area contributed by atoms with Crippen molar-refractivity contribution >= 4 is 6.29 Å². The van der Waals surface area contributed by atoms with Crippen molar-refractivity contribution in [3.63, 3.8) is 0 Å². The molecule has 0 aliphatic rings. The Morgan fingerprint density at radius 2 is 1.63 bits per heavy atom. The normalized spacial score (nSPS) is 11.1. The quantitative estimate of drug-likeness (QED) is 0.749. The summed E-state index contributed by atoms with van der Waals surface area (Å²) in [5.74, 6) is 1.54. The molecule has 0 aliphatic heterocycles. The zero-order chi connectivity index (χ0) is 13.9. The number of hydrogen-bond acceptors (Lipinski definition) is 2. The monoisotopic (exact) mass is 254 g/mol. The molecule has 0 saturated carbocycles. The molecule has 0 fully saturated rings. The number of ether oxygens (including phenoxy) is 1. The summed E-state index contributed by atoms with van der Waals surface area (Å²) >= 11 is 0. The van der Waals surface area contributed by atoms with Crippen LogP contribution in [0, 0.1) is 0 Å². The standard InChI is InChI=1S/C17H18O2/c1-17(2,3)14-5-4-6-16(11-14)19-15-9-7-13(12-18)8-10-15/h4-12H,1-3H3. The van der Waals surface area contributed by atoms with Crippen LogP contribution in [0.25, 0.3) is 0 Å². The third kappa shape index (κ3) is 3.44. The molecule has 2 nitrogen and oxygen atoms in total. The summed E-state index contributed by atoms with van der Waals surface area (Å²) < 4.78 is 5.80. The summed E-state index contributed by atoms with van der Waals surface area (Å²) in [7, 11) is 0. The second-order valence-electron chi connectivity index (χ2n) is 5.57. The van der Waals surface area contributed by atoms with Crippen molar-refractivity contribution in [1.82, 2.24) is 0 Å². The first kappa shape index (κ1) is 13.3. The largest absolute Gasteiger partial charge is 0.457 e. The van der Waals surface area contributed by atoms with E-state index in [4.69, 9.17) is 4.74 Å². The molecule has 0 radical (unpaired) electrons. The van der Waals surface area contributed by atoms with E-state index in [1.807, 2.05) is 18.2 Å². The van der Waals surface area contributed by atoms with Crippen molar-refractivity contribution in [3.05, 3.63) is 59.7 Å². The number of rotatable bonds is 3. The van der Waals surface area contributed by atoms with E-state index in [0.717, 1.165) is 17.8 Å². The Kier molecular flexibility index (Phi) is 3.70. The zero-order valence-corrected chi connectivity index (χ0v) is 11.5. The second kappa shape index (κ2) is 5.27. The van der Waals surface area contributed by atoms with Crippen molar-refractivity contribution < 1.29 is 9.53 Å². The van der Waals surface area contributed by atoms with Crippen molar-refractivity contribution in [2.45, 2.75) is 26.2 Å². The summed E-state index contributed by atoms with van der Waals surface area (Å²) in [4.78, 5) is 10.6. The van der Waals surface area contributed by atoms with Gasteiger partial charge in [0, 0.05) is 5.56 Å². The maximum atomic E-state index is 10.6. The van der Waals surface area contributed by atoms with Gasteiger partial charge in [0.05, 0.1) is 0 Å². The lowest BCUT2D eigenvalue weighted by Gasteiger charge is -2.19. The van der Waals surface area contributed by atoms with Gasteiger partial charge in [-0.05, 0) is 47.4 Å². The highest BCUT2D eigenvalue weighted by Gasteiger charge is 2.14. The molecule has 0 saturated heterocycles. The Morgan fingerprint density at radius 3 is 2.21 bits per heavy atom. The van der Waals surface area contributed by atoms with Gasteiger partial charge in [0.25, 0.3) is 0 Å². The van der Waals surface area contributed by atoms with Gasteiger partial charge in [0.15, 0.2) is 0 Å². The van der Waals surface area contributed by atoms with Crippen LogP contribution in [0.3, 0.4) is 0 Å². The van der Waals surface area contributed by atoms with Crippen LogP contribution in [-0.2, 0) is 5.41 Å². The molecule has 0 unspecified atom stereocenters. The Bertz CT molecular complexity index is 563.